The summed E-state index contributed by atoms with van der Waals surface area (Å²) in [5, 5.41) is 3.90. The first kappa shape index (κ1) is 17.5. The largest absolute Gasteiger partial charge is 0.433 e. The second kappa shape index (κ2) is 6.74. The fourth-order valence-electron chi connectivity index (χ4n) is 2.13. The van der Waals surface area contributed by atoms with Crippen LogP contribution in [0.5, 0.6) is 0 Å². The summed E-state index contributed by atoms with van der Waals surface area (Å²) >= 11 is 1.15. The Balaban J connectivity index is 2.21. The van der Waals surface area contributed by atoms with E-state index < -0.39 is 11.9 Å². The second-order valence-electron chi connectivity index (χ2n) is 5.28. The summed E-state index contributed by atoms with van der Waals surface area (Å²) in [6, 6.07) is 4.27. The van der Waals surface area contributed by atoms with E-state index in [1.807, 2.05) is 6.92 Å². The normalized spacial score (nSPS) is 11.7. The van der Waals surface area contributed by atoms with Crippen LogP contribution in [0.3, 0.4) is 0 Å². The Morgan fingerprint density at radius 1 is 1.39 bits per heavy atom. The van der Waals surface area contributed by atoms with Crippen LogP contribution in [0.2, 0.25) is 0 Å². The van der Waals surface area contributed by atoms with Crippen LogP contribution in [-0.4, -0.2) is 34.2 Å². The zero-order valence-electron chi connectivity index (χ0n) is 13.1. The van der Waals surface area contributed by atoms with E-state index in [0.717, 1.165) is 34.9 Å². The van der Waals surface area contributed by atoms with Gasteiger partial charge in [0.15, 0.2) is 0 Å². The molecular formula is C15H18F3N3OS. The monoisotopic (exact) mass is 345 g/mol. The van der Waals surface area contributed by atoms with Crippen molar-refractivity contribution in [1.82, 2.24) is 14.7 Å². The van der Waals surface area contributed by atoms with Crippen LogP contribution in [-0.2, 0) is 13.2 Å². The van der Waals surface area contributed by atoms with Crippen molar-refractivity contribution < 1.29 is 18.0 Å². The highest BCUT2D eigenvalue weighted by molar-refractivity contribution is 7.17. The minimum Gasteiger partial charge on any atom is -0.341 e. The number of hydrogen-bond donors (Lipinski definition) is 0. The maximum Gasteiger partial charge on any atom is 0.433 e. The zero-order chi connectivity index (χ0) is 17.2. The first-order valence-electron chi connectivity index (χ1n) is 7.21. The van der Waals surface area contributed by atoms with Crippen LogP contribution in [0.1, 0.15) is 35.1 Å². The number of nitrogens with zero attached hydrogens (tertiary/aromatic N) is 3. The molecule has 0 aliphatic carbocycles. The number of halogens is 3. The molecule has 126 valence electrons. The van der Waals surface area contributed by atoms with Crippen molar-refractivity contribution in [3.8, 4) is 10.6 Å². The van der Waals surface area contributed by atoms with Crippen molar-refractivity contribution in [1.29, 1.82) is 0 Å². The van der Waals surface area contributed by atoms with Crippen LogP contribution in [0, 0.1) is 0 Å². The Labute approximate surface area is 136 Å². The number of aromatic nitrogens is 2. The molecule has 0 atom stereocenters. The van der Waals surface area contributed by atoms with Gasteiger partial charge in [0.2, 0.25) is 0 Å². The van der Waals surface area contributed by atoms with Crippen molar-refractivity contribution >= 4 is 17.2 Å². The van der Waals surface area contributed by atoms with Gasteiger partial charge < -0.3 is 4.90 Å². The molecule has 2 rings (SSSR count). The van der Waals surface area contributed by atoms with Crippen LogP contribution < -0.4 is 0 Å². The lowest BCUT2D eigenvalue weighted by Crippen LogP contribution is -2.26. The Bertz CT molecular complexity index is 690. The van der Waals surface area contributed by atoms with E-state index in [1.165, 1.54) is 7.05 Å². The molecule has 0 bridgehead atoms. The lowest BCUT2D eigenvalue weighted by atomic mass is 10.3. The van der Waals surface area contributed by atoms with E-state index in [9.17, 15) is 18.0 Å². The topological polar surface area (TPSA) is 38.1 Å². The Morgan fingerprint density at radius 3 is 2.65 bits per heavy atom. The third-order valence-corrected chi connectivity index (χ3v) is 4.53. The zero-order valence-corrected chi connectivity index (χ0v) is 14.0. The lowest BCUT2D eigenvalue weighted by Gasteiger charge is -2.15. The van der Waals surface area contributed by atoms with E-state index in [1.54, 1.807) is 24.1 Å². The van der Waals surface area contributed by atoms with Gasteiger partial charge in [-0.3, -0.25) is 9.48 Å². The van der Waals surface area contributed by atoms with Crippen molar-refractivity contribution in [2.24, 2.45) is 7.05 Å². The summed E-state index contributed by atoms with van der Waals surface area (Å²) in [6.45, 7) is 2.70. The van der Waals surface area contributed by atoms with Crippen molar-refractivity contribution in [2.75, 3.05) is 13.6 Å². The predicted molar refractivity (Wildman–Crippen MR) is 83.4 cm³/mol. The van der Waals surface area contributed by atoms with E-state index in [2.05, 4.69) is 5.10 Å². The number of rotatable bonds is 5. The van der Waals surface area contributed by atoms with Gasteiger partial charge in [-0.25, -0.2) is 0 Å². The molecular weight excluding hydrogens is 327 g/mol. The standard InChI is InChI=1S/C15H18F3N3OS/c1-4-5-8-20(2)14(22)12-7-6-11(23-12)10-9-13(15(16,17)18)21(3)19-10/h6-7,9H,4-5,8H2,1-3H3. The van der Waals surface area contributed by atoms with Gasteiger partial charge in [-0.05, 0) is 24.6 Å². The second-order valence-corrected chi connectivity index (χ2v) is 6.36. The molecule has 2 aromatic rings. The van der Waals surface area contributed by atoms with Gasteiger partial charge >= 0.3 is 6.18 Å². The maximum atomic E-state index is 12.8. The molecule has 0 radical (unpaired) electrons. The summed E-state index contributed by atoms with van der Waals surface area (Å²) in [5.74, 6) is -0.123. The average Bonchev–Trinajstić information content (AvgIpc) is 3.09. The number of amides is 1. The first-order chi connectivity index (χ1) is 10.7. The van der Waals surface area contributed by atoms with Gasteiger partial charge in [-0.2, -0.15) is 18.3 Å². The minimum atomic E-state index is -4.45. The van der Waals surface area contributed by atoms with Crippen LogP contribution in [0.15, 0.2) is 18.2 Å². The van der Waals surface area contributed by atoms with Gasteiger partial charge in [0.05, 0.1) is 9.75 Å². The molecule has 2 heterocycles. The molecule has 0 aliphatic rings. The van der Waals surface area contributed by atoms with Gasteiger partial charge in [0, 0.05) is 20.6 Å². The summed E-state index contributed by atoms with van der Waals surface area (Å²) in [5.41, 5.74) is -0.589. The summed E-state index contributed by atoms with van der Waals surface area (Å²) in [7, 11) is 2.98. The molecule has 4 nitrogen and oxygen atoms in total. The van der Waals surface area contributed by atoms with Crippen molar-refractivity contribution in [2.45, 2.75) is 25.9 Å². The molecule has 0 saturated carbocycles. The van der Waals surface area contributed by atoms with E-state index in [4.69, 9.17) is 0 Å². The van der Waals surface area contributed by atoms with E-state index >= 15 is 0 Å². The highest BCUT2D eigenvalue weighted by Crippen LogP contribution is 2.34. The predicted octanol–water partition coefficient (Wildman–Crippen LogP) is 4.04. The van der Waals surface area contributed by atoms with E-state index in [0.29, 0.717) is 16.3 Å². The van der Waals surface area contributed by atoms with Crippen LogP contribution >= 0.6 is 11.3 Å². The van der Waals surface area contributed by atoms with Crippen molar-refractivity contribution in [3.63, 3.8) is 0 Å². The van der Waals surface area contributed by atoms with E-state index in [-0.39, 0.29) is 11.6 Å². The highest BCUT2D eigenvalue weighted by Gasteiger charge is 2.35. The smallest absolute Gasteiger partial charge is 0.341 e. The molecule has 0 aliphatic heterocycles. The SMILES string of the molecule is CCCCN(C)C(=O)c1ccc(-c2cc(C(F)(F)F)n(C)n2)s1. The minimum absolute atomic E-state index is 0.123. The summed E-state index contributed by atoms with van der Waals surface area (Å²) < 4.78 is 39.3. The molecule has 1 amide bonds. The number of hydrogen-bond acceptors (Lipinski definition) is 3. The Kier molecular flexibility index (Phi) is 5.13. The van der Waals surface area contributed by atoms with Crippen molar-refractivity contribution in [3.05, 3.63) is 28.8 Å². The number of unbranched alkanes of at least 4 members (excludes halogenated alkanes) is 1. The molecule has 2 aromatic heterocycles. The molecule has 0 aromatic carbocycles. The summed E-state index contributed by atoms with van der Waals surface area (Å²) in [4.78, 5) is 14.9. The van der Waals surface area contributed by atoms with Gasteiger partial charge in [-0.15, -0.1) is 11.3 Å². The van der Waals surface area contributed by atoms with Gasteiger partial charge in [0.25, 0.3) is 5.91 Å². The highest BCUT2D eigenvalue weighted by atomic mass is 32.1. The fourth-order valence-corrected chi connectivity index (χ4v) is 3.08. The van der Waals surface area contributed by atoms with Crippen LogP contribution in [0.4, 0.5) is 13.2 Å². The Morgan fingerprint density at radius 2 is 2.09 bits per heavy atom. The number of aryl methyl sites for hydroxylation is 1. The molecule has 0 N–H and O–H groups in total. The maximum absolute atomic E-state index is 12.8. The molecule has 8 heteroatoms. The quantitative estimate of drug-likeness (QED) is 0.820. The number of thiophene rings is 1. The lowest BCUT2D eigenvalue weighted by molar-refractivity contribution is -0.143. The molecule has 0 saturated heterocycles. The summed E-state index contributed by atoms with van der Waals surface area (Å²) in [6.07, 6.45) is -2.55. The molecule has 0 fully saturated rings. The third-order valence-electron chi connectivity index (χ3n) is 3.43. The molecule has 0 spiro atoms. The average molecular weight is 345 g/mol. The molecule has 23 heavy (non-hydrogen) atoms. The van der Waals surface area contributed by atoms with Gasteiger partial charge in [-0.1, -0.05) is 13.3 Å². The third kappa shape index (κ3) is 3.93. The number of carbonyl (C=O) groups excluding carboxylic acids is 1. The van der Waals surface area contributed by atoms with Gasteiger partial charge in [0.1, 0.15) is 11.4 Å². The number of alkyl halides is 3. The molecule has 0 unspecified atom stereocenters. The van der Waals surface area contributed by atoms with Crippen LogP contribution in [0.25, 0.3) is 10.6 Å². The number of carbonyl (C=O) groups is 1. The Hall–Kier alpha value is -1.83. The first-order valence-corrected chi connectivity index (χ1v) is 8.02. The fraction of sp³-hybridized carbons (Fsp3) is 0.467.